The second-order valence-electron chi connectivity index (χ2n) is 7.51. The number of ether oxygens (including phenoxy) is 3. The van der Waals surface area contributed by atoms with Crippen molar-refractivity contribution in [1.29, 1.82) is 0 Å². The van der Waals surface area contributed by atoms with E-state index in [-0.39, 0.29) is 17.1 Å². The number of hydrogen-bond donors (Lipinski definition) is 1. The highest BCUT2D eigenvalue weighted by molar-refractivity contribution is 9.10. The van der Waals surface area contributed by atoms with Crippen molar-refractivity contribution >= 4 is 50.9 Å². The number of aromatic nitrogens is 1. The molecule has 4 rings (SSSR count). The van der Waals surface area contributed by atoms with Crippen LogP contribution in [0.3, 0.4) is 0 Å². The van der Waals surface area contributed by atoms with E-state index in [0.29, 0.717) is 41.4 Å². The molecule has 0 unspecified atom stereocenters. The molecule has 182 valence electrons. The van der Waals surface area contributed by atoms with Gasteiger partial charge in [-0.2, -0.15) is 0 Å². The van der Waals surface area contributed by atoms with E-state index >= 15 is 0 Å². The summed E-state index contributed by atoms with van der Waals surface area (Å²) >= 11 is 10.8. The van der Waals surface area contributed by atoms with Crippen LogP contribution in [0.1, 0.15) is 24.1 Å². The molecule has 3 aromatic rings. The maximum absolute atomic E-state index is 13.7. The largest absolute Gasteiger partial charge is 0.504 e. The van der Waals surface area contributed by atoms with Gasteiger partial charge in [-0.3, -0.25) is 9.36 Å². The van der Waals surface area contributed by atoms with Gasteiger partial charge in [0, 0.05) is 20.6 Å². The van der Waals surface area contributed by atoms with Crippen molar-refractivity contribution in [3.63, 3.8) is 0 Å². The molecule has 0 radical (unpaired) electrons. The highest BCUT2D eigenvalue weighted by Crippen LogP contribution is 2.37. The third kappa shape index (κ3) is 4.49. The molecule has 1 atom stereocenters. The first-order valence-electron chi connectivity index (χ1n) is 10.2. The molecule has 0 amide bonds. The van der Waals surface area contributed by atoms with E-state index in [4.69, 9.17) is 25.8 Å². The Hall–Kier alpha value is -3.08. The van der Waals surface area contributed by atoms with Crippen LogP contribution in [0.15, 0.2) is 55.9 Å². The molecule has 0 saturated heterocycles. The Morgan fingerprint density at radius 2 is 1.91 bits per heavy atom. The molecule has 0 saturated carbocycles. The molecule has 0 fully saturated rings. The van der Waals surface area contributed by atoms with Gasteiger partial charge in [0.2, 0.25) is 0 Å². The highest BCUT2D eigenvalue weighted by Gasteiger charge is 2.35. The number of benzene rings is 2. The summed E-state index contributed by atoms with van der Waals surface area (Å²) in [6.07, 6.45) is 1.55. The van der Waals surface area contributed by atoms with Gasteiger partial charge in [0.1, 0.15) is 11.8 Å². The number of hydrogen-bond acceptors (Lipinski definition) is 8. The first kappa shape index (κ1) is 25.0. The molecular weight excluding hydrogens is 560 g/mol. The molecule has 11 heteroatoms. The molecule has 1 aliphatic heterocycles. The Balaban J connectivity index is 2.04. The smallest absolute Gasteiger partial charge is 0.338 e. The molecule has 0 spiro atoms. The Kier molecular flexibility index (Phi) is 7.07. The number of allylic oxidation sites excluding steroid dienone is 1. The predicted octanol–water partition coefficient (Wildman–Crippen LogP) is 3.55. The number of carbonyl (C=O) groups excluding carboxylic acids is 1. The summed E-state index contributed by atoms with van der Waals surface area (Å²) in [5.41, 5.74) is 1.08. The van der Waals surface area contributed by atoms with Crippen LogP contribution in [-0.2, 0) is 9.53 Å². The number of fused-ring (bicyclic) bond motifs is 1. The molecule has 0 aliphatic carbocycles. The third-order valence-corrected chi connectivity index (χ3v) is 7.16. The van der Waals surface area contributed by atoms with Crippen molar-refractivity contribution in [3.05, 3.63) is 81.9 Å². The zero-order valence-corrected chi connectivity index (χ0v) is 22.2. The van der Waals surface area contributed by atoms with Gasteiger partial charge in [-0.1, -0.05) is 38.9 Å². The molecule has 1 aromatic heterocycles. The van der Waals surface area contributed by atoms with Crippen molar-refractivity contribution in [2.45, 2.75) is 13.0 Å². The molecular formula is C24H20BrClN2O6S. The zero-order valence-electron chi connectivity index (χ0n) is 19.1. The molecule has 35 heavy (non-hydrogen) atoms. The number of aromatic hydroxyl groups is 1. The molecule has 2 heterocycles. The summed E-state index contributed by atoms with van der Waals surface area (Å²) in [5, 5.41) is 11.0. The van der Waals surface area contributed by atoms with Gasteiger partial charge in [0.05, 0.1) is 37.1 Å². The molecule has 1 aliphatic rings. The number of nitrogens with zero attached hydrogens (tertiary/aromatic N) is 2. The van der Waals surface area contributed by atoms with Crippen LogP contribution in [0.4, 0.5) is 0 Å². The Morgan fingerprint density at radius 1 is 1.20 bits per heavy atom. The number of halogens is 2. The fourth-order valence-electron chi connectivity index (χ4n) is 3.91. The Labute approximate surface area is 217 Å². The average molecular weight is 580 g/mol. The van der Waals surface area contributed by atoms with E-state index in [1.807, 2.05) is 0 Å². The van der Waals surface area contributed by atoms with Crippen LogP contribution in [0.25, 0.3) is 6.08 Å². The predicted molar refractivity (Wildman–Crippen MR) is 136 cm³/mol. The topological polar surface area (TPSA) is 99.4 Å². The van der Waals surface area contributed by atoms with Crippen molar-refractivity contribution < 1.29 is 24.1 Å². The molecule has 1 N–H and O–H groups in total. The van der Waals surface area contributed by atoms with Crippen LogP contribution in [-0.4, -0.2) is 37.0 Å². The minimum Gasteiger partial charge on any atom is -0.504 e. The van der Waals surface area contributed by atoms with Crippen LogP contribution in [0.2, 0.25) is 5.02 Å². The van der Waals surface area contributed by atoms with Crippen molar-refractivity contribution in [2.75, 3.05) is 21.3 Å². The summed E-state index contributed by atoms with van der Waals surface area (Å²) in [7, 11) is 4.20. The van der Waals surface area contributed by atoms with E-state index in [1.165, 1.54) is 25.9 Å². The first-order valence-corrected chi connectivity index (χ1v) is 12.2. The minimum absolute atomic E-state index is 0.110. The van der Waals surface area contributed by atoms with Crippen molar-refractivity contribution in [2.24, 2.45) is 4.99 Å². The number of carbonyl (C=O) groups is 1. The normalized spacial score (nSPS) is 15.5. The lowest BCUT2D eigenvalue weighted by Gasteiger charge is -2.25. The highest BCUT2D eigenvalue weighted by atomic mass is 79.9. The Bertz CT molecular complexity index is 1560. The van der Waals surface area contributed by atoms with E-state index in [1.54, 1.807) is 43.3 Å². The molecule has 8 nitrogen and oxygen atoms in total. The summed E-state index contributed by atoms with van der Waals surface area (Å²) in [5.74, 6) is -0.0360. The summed E-state index contributed by atoms with van der Waals surface area (Å²) < 4.78 is 18.1. The van der Waals surface area contributed by atoms with Crippen molar-refractivity contribution in [1.82, 2.24) is 4.57 Å². The number of thiazole rings is 1. The van der Waals surface area contributed by atoms with E-state index in [9.17, 15) is 14.7 Å². The van der Waals surface area contributed by atoms with Gasteiger partial charge < -0.3 is 19.3 Å². The van der Waals surface area contributed by atoms with Gasteiger partial charge in [-0.05, 0) is 43.3 Å². The lowest BCUT2D eigenvalue weighted by atomic mass is 9.95. The lowest BCUT2D eigenvalue weighted by Crippen LogP contribution is -2.40. The quantitative estimate of drug-likeness (QED) is 0.464. The lowest BCUT2D eigenvalue weighted by molar-refractivity contribution is -0.136. The first-order chi connectivity index (χ1) is 16.7. The van der Waals surface area contributed by atoms with E-state index in [0.717, 1.165) is 11.3 Å². The van der Waals surface area contributed by atoms with Gasteiger partial charge >= 0.3 is 5.97 Å². The number of phenols is 1. The van der Waals surface area contributed by atoms with Gasteiger partial charge in [0.15, 0.2) is 16.3 Å². The summed E-state index contributed by atoms with van der Waals surface area (Å²) in [4.78, 5) is 31.4. The minimum atomic E-state index is -0.889. The van der Waals surface area contributed by atoms with E-state index < -0.39 is 17.6 Å². The van der Waals surface area contributed by atoms with Crippen LogP contribution < -0.4 is 24.4 Å². The van der Waals surface area contributed by atoms with Gasteiger partial charge in [0.25, 0.3) is 5.56 Å². The maximum atomic E-state index is 13.7. The fraction of sp³-hybridized carbons (Fsp3) is 0.208. The zero-order chi connectivity index (χ0) is 25.4. The molecule has 0 bridgehead atoms. The van der Waals surface area contributed by atoms with Crippen LogP contribution >= 0.6 is 38.9 Å². The van der Waals surface area contributed by atoms with Gasteiger partial charge in [-0.25, -0.2) is 9.79 Å². The maximum Gasteiger partial charge on any atom is 0.338 e. The van der Waals surface area contributed by atoms with Crippen molar-refractivity contribution in [3.8, 4) is 17.2 Å². The third-order valence-electron chi connectivity index (χ3n) is 5.49. The molecule has 2 aromatic carbocycles. The average Bonchev–Trinajstić information content (AvgIpc) is 3.14. The number of methoxy groups -OCH3 is 3. The fourth-order valence-corrected chi connectivity index (χ4v) is 5.58. The second-order valence-corrected chi connectivity index (χ2v) is 9.87. The monoisotopic (exact) mass is 578 g/mol. The van der Waals surface area contributed by atoms with Gasteiger partial charge in [-0.15, -0.1) is 0 Å². The standard InChI is InChI=1S/C24H20BrClN2O6S/c1-11-19(23(31)34-4)20(15-10-14(26)5-6-16(15)32-2)28-22(30)18(35-24(28)27-11)8-12-7-13(25)9-17(33-3)21(12)29/h5-10,20,29H,1-4H3/b18-8-/t20-/m0/s1. The van der Waals surface area contributed by atoms with Crippen LogP contribution in [0, 0.1) is 0 Å². The second kappa shape index (κ2) is 9.88. The SMILES string of the molecule is COC(=O)C1=C(C)N=c2s/c(=C\c3cc(Br)cc(OC)c3O)c(=O)n2[C@H]1c1cc(Cl)ccc1OC. The summed E-state index contributed by atoms with van der Waals surface area (Å²) in [6.45, 7) is 1.68. The number of rotatable bonds is 5. The summed E-state index contributed by atoms with van der Waals surface area (Å²) in [6, 6.07) is 7.37. The number of phenolic OH excluding ortho intramolecular Hbond substituents is 1. The van der Waals surface area contributed by atoms with Crippen LogP contribution in [0.5, 0.6) is 17.2 Å². The number of esters is 1. The van der Waals surface area contributed by atoms with E-state index in [2.05, 4.69) is 20.9 Å². The Morgan fingerprint density at radius 3 is 2.57 bits per heavy atom.